The van der Waals surface area contributed by atoms with Gasteiger partial charge >= 0.3 is 0 Å². The van der Waals surface area contributed by atoms with Crippen molar-refractivity contribution >= 4 is 11.6 Å². The van der Waals surface area contributed by atoms with E-state index in [1.54, 1.807) is 32.4 Å². The lowest BCUT2D eigenvalue weighted by Crippen LogP contribution is -2.48. The van der Waals surface area contributed by atoms with Crippen LogP contribution in [0.4, 0.5) is 5.69 Å². The third-order valence-corrected chi connectivity index (χ3v) is 4.86. The number of benzene rings is 1. The van der Waals surface area contributed by atoms with Gasteiger partial charge < -0.3 is 19.3 Å². The number of nitrogens with one attached hydrogen (secondary N) is 1. The number of hydrogen-bond donors (Lipinski definition) is 1. The molecular weight excluding hydrogens is 374 g/mol. The molecule has 1 fully saturated rings. The number of amides is 1. The third-order valence-electron chi connectivity index (χ3n) is 4.86. The van der Waals surface area contributed by atoms with Crippen molar-refractivity contribution in [1.29, 1.82) is 0 Å². The zero-order chi connectivity index (χ0) is 20.8. The number of hydrogen-bond acceptors (Lipinski definition) is 8. The fourth-order valence-corrected chi connectivity index (χ4v) is 3.18. The molecule has 2 aromatic rings. The maximum atomic E-state index is 12.4. The minimum Gasteiger partial charge on any atom is -0.493 e. The van der Waals surface area contributed by atoms with E-state index in [4.69, 9.17) is 14.0 Å². The van der Waals surface area contributed by atoms with Gasteiger partial charge in [0.05, 0.1) is 27.3 Å². The molecular formula is C20H29N5O4. The fraction of sp³-hybridized carbons (Fsp3) is 0.550. The second kappa shape index (κ2) is 9.71. The lowest BCUT2D eigenvalue weighted by molar-refractivity contribution is -0.117. The van der Waals surface area contributed by atoms with Crippen LogP contribution in [-0.4, -0.2) is 72.8 Å². The minimum atomic E-state index is -0.0517. The van der Waals surface area contributed by atoms with Crippen molar-refractivity contribution in [2.45, 2.75) is 26.3 Å². The van der Waals surface area contributed by atoms with Crippen LogP contribution in [0, 0.1) is 0 Å². The Kier molecular flexibility index (Phi) is 7.05. The monoisotopic (exact) mass is 403 g/mol. The topological polar surface area (TPSA) is 93.0 Å². The molecule has 0 spiro atoms. The fourth-order valence-electron chi connectivity index (χ4n) is 3.18. The average Bonchev–Trinajstić information content (AvgIpc) is 3.18. The third kappa shape index (κ3) is 5.68. The molecule has 0 bridgehead atoms. The second-order valence-electron chi connectivity index (χ2n) is 7.37. The molecule has 1 amide bonds. The van der Waals surface area contributed by atoms with Crippen LogP contribution in [0.15, 0.2) is 22.7 Å². The van der Waals surface area contributed by atoms with E-state index in [2.05, 4.69) is 25.3 Å². The number of carbonyl (C=O) groups excluding carboxylic acids is 1. The molecule has 158 valence electrons. The summed E-state index contributed by atoms with van der Waals surface area (Å²) in [5.41, 5.74) is 0.684. The Bertz CT molecular complexity index is 815. The number of aromatic nitrogens is 2. The predicted octanol–water partition coefficient (Wildman–Crippen LogP) is 1.97. The second-order valence-corrected chi connectivity index (χ2v) is 7.37. The Labute approximate surface area is 171 Å². The van der Waals surface area contributed by atoms with Crippen molar-refractivity contribution in [3.8, 4) is 11.5 Å². The number of ether oxygens (including phenoxy) is 2. The molecule has 1 aliphatic rings. The summed E-state index contributed by atoms with van der Waals surface area (Å²) < 4.78 is 15.8. The van der Waals surface area contributed by atoms with E-state index < -0.39 is 0 Å². The summed E-state index contributed by atoms with van der Waals surface area (Å²) in [5.74, 6) is 2.81. The number of piperazine rings is 1. The van der Waals surface area contributed by atoms with Gasteiger partial charge in [0, 0.05) is 43.9 Å². The molecule has 1 saturated heterocycles. The molecule has 0 radical (unpaired) electrons. The highest BCUT2D eigenvalue weighted by Crippen LogP contribution is 2.29. The van der Waals surface area contributed by atoms with Gasteiger partial charge in [0.2, 0.25) is 11.8 Å². The van der Waals surface area contributed by atoms with E-state index in [0.717, 1.165) is 32.0 Å². The average molecular weight is 403 g/mol. The first kappa shape index (κ1) is 21.1. The van der Waals surface area contributed by atoms with E-state index in [0.29, 0.717) is 36.2 Å². The van der Waals surface area contributed by atoms with Crippen molar-refractivity contribution in [1.82, 2.24) is 19.9 Å². The number of nitrogens with zero attached hydrogens (tertiary/aromatic N) is 4. The Hall–Kier alpha value is -2.65. The van der Waals surface area contributed by atoms with Gasteiger partial charge in [-0.15, -0.1) is 0 Å². The molecule has 1 aliphatic heterocycles. The van der Waals surface area contributed by atoms with E-state index in [-0.39, 0.29) is 11.8 Å². The Morgan fingerprint density at radius 2 is 1.83 bits per heavy atom. The highest BCUT2D eigenvalue weighted by atomic mass is 16.5. The smallest absolute Gasteiger partial charge is 0.240 e. The van der Waals surface area contributed by atoms with Crippen LogP contribution in [0.1, 0.15) is 31.5 Å². The Morgan fingerprint density at radius 1 is 1.14 bits per heavy atom. The van der Waals surface area contributed by atoms with Gasteiger partial charge in [-0.2, -0.15) is 4.98 Å². The van der Waals surface area contributed by atoms with Crippen LogP contribution in [0.5, 0.6) is 11.5 Å². The molecule has 1 N–H and O–H groups in total. The van der Waals surface area contributed by atoms with Crippen molar-refractivity contribution in [2.24, 2.45) is 0 Å². The first-order chi connectivity index (χ1) is 14.0. The molecule has 0 aliphatic carbocycles. The van der Waals surface area contributed by atoms with Crippen molar-refractivity contribution in [3.63, 3.8) is 0 Å². The highest BCUT2D eigenvalue weighted by molar-refractivity contribution is 5.92. The summed E-state index contributed by atoms with van der Waals surface area (Å²) in [6.45, 7) is 8.40. The summed E-state index contributed by atoms with van der Waals surface area (Å²) in [7, 11) is 3.15. The lowest BCUT2D eigenvalue weighted by atomic mass is 10.2. The summed E-state index contributed by atoms with van der Waals surface area (Å²) in [5, 5.41) is 6.92. The minimum absolute atomic E-state index is 0.0517. The summed E-state index contributed by atoms with van der Waals surface area (Å²) in [6.07, 6.45) is 0. The van der Waals surface area contributed by atoms with E-state index in [9.17, 15) is 4.79 Å². The summed E-state index contributed by atoms with van der Waals surface area (Å²) in [6, 6.07) is 5.33. The number of anilines is 1. The van der Waals surface area contributed by atoms with Crippen LogP contribution in [0.2, 0.25) is 0 Å². The SMILES string of the molecule is COc1ccc(NC(=O)CN2CCN(Cc3nc(C(C)C)no3)CC2)cc1OC. The van der Waals surface area contributed by atoms with Gasteiger partial charge in [-0.25, -0.2) is 0 Å². The number of carbonyl (C=O) groups is 1. The first-order valence-electron chi connectivity index (χ1n) is 9.77. The van der Waals surface area contributed by atoms with Crippen molar-refractivity contribution in [2.75, 3.05) is 52.3 Å². The summed E-state index contributed by atoms with van der Waals surface area (Å²) >= 11 is 0. The van der Waals surface area contributed by atoms with E-state index >= 15 is 0 Å². The molecule has 9 heteroatoms. The van der Waals surface area contributed by atoms with Gasteiger partial charge in [0.15, 0.2) is 17.3 Å². The van der Waals surface area contributed by atoms with Crippen LogP contribution in [-0.2, 0) is 11.3 Å². The Balaban J connectivity index is 1.44. The first-order valence-corrected chi connectivity index (χ1v) is 9.77. The maximum absolute atomic E-state index is 12.4. The van der Waals surface area contributed by atoms with Crippen molar-refractivity contribution < 1.29 is 18.8 Å². The molecule has 9 nitrogen and oxygen atoms in total. The molecule has 1 aromatic heterocycles. The van der Waals surface area contributed by atoms with E-state index in [1.807, 2.05) is 13.8 Å². The lowest BCUT2D eigenvalue weighted by Gasteiger charge is -2.33. The Morgan fingerprint density at radius 3 is 2.45 bits per heavy atom. The van der Waals surface area contributed by atoms with Crippen LogP contribution >= 0.6 is 0 Å². The summed E-state index contributed by atoms with van der Waals surface area (Å²) in [4.78, 5) is 21.2. The van der Waals surface area contributed by atoms with Gasteiger partial charge in [-0.05, 0) is 12.1 Å². The van der Waals surface area contributed by atoms with Gasteiger partial charge in [0.25, 0.3) is 0 Å². The van der Waals surface area contributed by atoms with Gasteiger partial charge in [-0.1, -0.05) is 19.0 Å². The quantitative estimate of drug-likeness (QED) is 0.715. The number of rotatable bonds is 8. The maximum Gasteiger partial charge on any atom is 0.240 e. The normalized spacial score (nSPS) is 15.5. The number of methoxy groups -OCH3 is 2. The molecule has 3 rings (SSSR count). The molecule has 0 atom stereocenters. The molecule has 0 saturated carbocycles. The predicted molar refractivity (Wildman–Crippen MR) is 108 cm³/mol. The van der Waals surface area contributed by atoms with Crippen LogP contribution < -0.4 is 14.8 Å². The standard InChI is InChI=1S/C20H29N5O4/c1-14(2)20-22-19(29-23-20)13-25-9-7-24(8-10-25)12-18(26)21-15-5-6-16(27-3)17(11-15)28-4/h5-6,11,14H,7-10,12-13H2,1-4H3,(H,21,26). The van der Waals surface area contributed by atoms with Gasteiger partial charge in [-0.3, -0.25) is 14.6 Å². The zero-order valence-corrected chi connectivity index (χ0v) is 17.5. The molecule has 2 heterocycles. The zero-order valence-electron chi connectivity index (χ0n) is 17.5. The highest BCUT2D eigenvalue weighted by Gasteiger charge is 2.21. The van der Waals surface area contributed by atoms with Crippen LogP contribution in [0.25, 0.3) is 0 Å². The van der Waals surface area contributed by atoms with Crippen molar-refractivity contribution in [3.05, 3.63) is 29.9 Å². The van der Waals surface area contributed by atoms with Gasteiger partial charge in [0.1, 0.15) is 0 Å². The van der Waals surface area contributed by atoms with Crippen LogP contribution in [0.3, 0.4) is 0 Å². The molecule has 0 unspecified atom stereocenters. The molecule has 29 heavy (non-hydrogen) atoms. The molecule has 1 aromatic carbocycles. The van der Waals surface area contributed by atoms with E-state index in [1.165, 1.54) is 0 Å². The largest absolute Gasteiger partial charge is 0.493 e.